The molecule has 1 rings (SSSR count). The van der Waals surface area contributed by atoms with Gasteiger partial charge in [0.15, 0.2) is 0 Å². The molecule has 4 heteroatoms. The number of hydrogen-bond acceptors (Lipinski definition) is 4. The lowest BCUT2D eigenvalue weighted by atomic mass is 10.2. The monoisotopic (exact) mass is 188 g/mol. The normalized spacial score (nSPS) is 13.3. The summed E-state index contributed by atoms with van der Waals surface area (Å²) in [5, 5.41) is 3.19. The Balaban J connectivity index is 2.41. The van der Waals surface area contributed by atoms with Crippen LogP contribution in [-0.2, 0) is 6.42 Å². The van der Waals surface area contributed by atoms with E-state index in [0.717, 1.165) is 12.2 Å². The Bertz CT molecular complexity index is 182. The van der Waals surface area contributed by atoms with Crippen LogP contribution in [0.1, 0.15) is 4.88 Å². The molecule has 0 amide bonds. The van der Waals surface area contributed by atoms with Crippen molar-refractivity contribution < 1.29 is 0 Å². The number of nitrogens with zero attached hydrogens (tertiary/aromatic N) is 1. The summed E-state index contributed by atoms with van der Waals surface area (Å²) in [6.45, 7) is 0. The van der Waals surface area contributed by atoms with Crippen LogP contribution in [0.2, 0.25) is 0 Å². The second-order valence-corrected chi connectivity index (χ2v) is 3.68. The summed E-state index contributed by atoms with van der Waals surface area (Å²) in [4.78, 5) is 5.33. The zero-order valence-electron chi connectivity index (χ0n) is 6.45. The van der Waals surface area contributed by atoms with Crippen LogP contribution in [0, 0.1) is 0 Å². The van der Waals surface area contributed by atoms with Gasteiger partial charge in [-0.2, -0.15) is 12.6 Å². The molecule has 0 spiro atoms. The average molecular weight is 188 g/mol. The maximum absolute atomic E-state index is 4.23. The summed E-state index contributed by atoms with van der Waals surface area (Å²) in [5.74, 6) is 0.869. The predicted octanol–water partition coefficient (Wildman–Crippen LogP) is 1.20. The smallest absolute Gasteiger partial charge is 0.0794 e. The first-order valence-electron chi connectivity index (χ1n) is 3.52. The minimum absolute atomic E-state index is 0.471. The highest BCUT2D eigenvalue weighted by Gasteiger charge is 2.04. The van der Waals surface area contributed by atoms with Gasteiger partial charge in [-0.1, -0.05) is 0 Å². The van der Waals surface area contributed by atoms with E-state index in [-0.39, 0.29) is 0 Å². The van der Waals surface area contributed by atoms with Crippen LogP contribution in [0.5, 0.6) is 0 Å². The lowest BCUT2D eigenvalue weighted by Gasteiger charge is -2.10. The molecule has 0 aliphatic carbocycles. The van der Waals surface area contributed by atoms with E-state index >= 15 is 0 Å². The third-order valence-corrected chi connectivity index (χ3v) is 2.80. The minimum Gasteiger partial charge on any atom is -0.316 e. The Hall–Kier alpha value is -0.0600. The van der Waals surface area contributed by atoms with Crippen LogP contribution in [-0.4, -0.2) is 23.8 Å². The lowest BCUT2D eigenvalue weighted by Crippen LogP contribution is -2.28. The van der Waals surface area contributed by atoms with Gasteiger partial charge >= 0.3 is 0 Å². The molecule has 0 aromatic carbocycles. The van der Waals surface area contributed by atoms with E-state index in [1.807, 2.05) is 18.8 Å². The van der Waals surface area contributed by atoms with Gasteiger partial charge in [-0.25, -0.2) is 0 Å². The first-order chi connectivity index (χ1) is 5.36. The Labute approximate surface area is 76.5 Å². The summed E-state index contributed by atoms with van der Waals surface area (Å²) in [6.07, 6.45) is 2.95. The van der Waals surface area contributed by atoms with Gasteiger partial charge < -0.3 is 5.32 Å². The number of nitrogens with one attached hydrogen (secondary N) is 1. The molecular weight excluding hydrogens is 176 g/mol. The van der Waals surface area contributed by atoms with Crippen molar-refractivity contribution in [1.82, 2.24) is 10.3 Å². The maximum Gasteiger partial charge on any atom is 0.0794 e. The van der Waals surface area contributed by atoms with Gasteiger partial charge in [0.1, 0.15) is 0 Å². The Morgan fingerprint density at radius 3 is 3.09 bits per heavy atom. The van der Waals surface area contributed by atoms with Crippen molar-refractivity contribution in [2.45, 2.75) is 12.5 Å². The van der Waals surface area contributed by atoms with Gasteiger partial charge in [-0.05, 0) is 13.5 Å². The number of rotatable bonds is 4. The molecule has 2 nitrogen and oxygen atoms in total. The van der Waals surface area contributed by atoms with Crippen molar-refractivity contribution in [3.8, 4) is 0 Å². The predicted molar refractivity (Wildman–Crippen MR) is 52.5 cm³/mol. The van der Waals surface area contributed by atoms with E-state index in [2.05, 4.69) is 22.9 Å². The second-order valence-electron chi connectivity index (χ2n) is 2.34. The fourth-order valence-corrected chi connectivity index (χ4v) is 1.83. The average Bonchev–Trinajstić information content (AvgIpc) is 2.52. The molecule has 0 saturated heterocycles. The number of aromatic nitrogens is 1. The van der Waals surface area contributed by atoms with Crippen molar-refractivity contribution in [1.29, 1.82) is 0 Å². The van der Waals surface area contributed by atoms with Gasteiger partial charge in [0.05, 0.1) is 5.51 Å². The van der Waals surface area contributed by atoms with Crippen molar-refractivity contribution in [2.75, 3.05) is 12.8 Å². The molecule has 0 aliphatic rings. The van der Waals surface area contributed by atoms with Crippen LogP contribution >= 0.6 is 24.0 Å². The molecule has 0 fully saturated rings. The third-order valence-electron chi connectivity index (χ3n) is 1.56. The van der Waals surface area contributed by atoms with Crippen molar-refractivity contribution >= 4 is 24.0 Å². The molecule has 0 saturated carbocycles. The van der Waals surface area contributed by atoms with Gasteiger partial charge in [0.25, 0.3) is 0 Å². The molecule has 1 N–H and O–H groups in total. The van der Waals surface area contributed by atoms with E-state index in [1.54, 1.807) is 11.3 Å². The molecule has 0 aliphatic heterocycles. The minimum atomic E-state index is 0.471. The zero-order valence-corrected chi connectivity index (χ0v) is 8.16. The van der Waals surface area contributed by atoms with Gasteiger partial charge in [-0.3, -0.25) is 4.98 Å². The van der Waals surface area contributed by atoms with E-state index in [1.165, 1.54) is 4.88 Å². The van der Waals surface area contributed by atoms with Crippen LogP contribution in [0.3, 0.4) is 0 Å². The molecule has 1 heterocycles. The van der Waals surface area contributed by atoms with Gasteiger partial charge in [0.2, 0.25) is 0 Å². The molecular formula is C7H12N2S2. The maximum atomic E-state index is 4.23. The molecule has 62 valence electrons. The highest BCUT2D eigenvalue weighted by molar-refractivity contribution is 7.80. The first kappa shape index (κ1) is 9.03. The molecule has 1 aromatic heterocycles. The fraction of sp³-hybridized carbons (Fsp3) is 0.571. The van der Waals surface area contributed by atoms with E-state index in [4.69, 9.17) is 0 Å². The van der Waals surface area contributed by atoms with Crippen molar-refractivity contribution in [3.05, 3.63) is 16.6 Å². The van der Waals surface area contributed by atoms with Crippen molar-refractivity contribution in [2.24, 2.45) is 0 Å². The van der Waals surface area contributed by atoms with Gasteiger partial charge in [0, 0.05) is 22.9 Å². The summed E-state index contributed by atoms with van der Waals surface area (Å²) < 4.78 is 0. The van der Waals surface area contributed by atoms with Crippen LogP contribution < -0.4 is 5.32 Å². The van der Waals surface area contributed by atoms with E-state index in [9.17, 15) is 0 Å². The quantitative estimate of drug-likeness (QED) is 0.694. The van der Waals surface area contributed by atoms with E-state index < -0.39 is 0 Å². The highest BCUT2D eigenvalue weighted by atomic mass is 32.1. The molecule has 1 atom stereocenters. The molecule has 0 bridgehead atoms. The summed E-state index contributed by atoms with van der Waals surface area (Å²) >= 11 is 5.93. The van der Waals surface area contributed by atoms with Crippen LogP contribution in [0.15, 0.2) is 11.7 Å². The molecule has 0 unspecified atom stereocenters. The highest BCUT2D eigenvalue weighted by Crippen LogP contribution is 2.08. The zero-order chi connectivity index (χ0) is 8.10. The third kappa shape index (κ3) is 2.81. The Morgan fingerprint density at radius 2 is 2.64 bits per heavy atom. The van der Waals surface area contributed by atoms with Crippen LogP contribution in [0.4, 0.5) is 0 Å². The van der Waals surface area contributed by atoms with Crippen molar-refractivity contribution in [3.63, 3.8) is 0 Å². The summed E-state index contributed by atoms with van der Waals surface area (Å²) in [7, 11) is 1.96. The topological polar surface area (TPSA) is 24.9 Å². The number of thiol groups is 1. The molecule has 0 radical (unpaired) electrons. The second kappa shape index (κ2) is 4.74. The number of thiazole rings is 1. The SMILES string of the molecule is CN[C@@H](CS)Cc1cncs1. The first-order valence-corrected chi connectivity index (χ1v) is 5.03. The Morgan fingerprint density at radius 1 is 1.82 bits per heavy atom. The molecule has 11 heavy (non-hydrogen) atoms. The summed E-state index contributed by atoms with van der Waals surface area (Å²) in [5.41, 5.74) is 1.86. The fourth-order valence-electron chi connectivity index (χ4n) is 0.844. The number of hydrogen-bond donors (Lipinski definition) is 2. The van der Waals surface area contributed by atoms with E-state index in [0.29, 0.717) is 6.04 Å². The van der Waals surface area contributed by atoms with Gasteiger partial charge in [-0.15, -0.1) is 11.3 Å². The standard InChI is InChI=1S/C7H12N2S2/c1-8-6(4-10)2-7-3-9-5-11-7/h3,5-6,8,10H,2,4H2,1H3/t6-/m1/s1. The number of likely N-dealkylation sites (N-methyl/N-ethyl adjacent to an activating group) is 1. The Kier molecular flexibility index (Phi) is 3.90. The largest absolute Gasteiger partial charge is 0.316 e. The van der Waals surface area contributed by atoms with Crippen LogP contribution in [0.25, 0.3) is 0 Å². The molecule has 1 aromatic rings. The lowest BCUT2D eigenvalue weighted by molar-refractivity contribution is 0.622. The summed E-state index contributed by atoms with van der Waals surface area (Å²) in [6, 6.07) is 0.471.